The molecule has 0 aliphatic heterocycles. The molecule has 0 aromatic rings. The summed E-state index contributed by atoms with van der Waals surface area (Å²) in [5.41, 5.74) is 0. The lowest BCUT2D eigenvalue weighted by Gasteiger charge is -2.40. The van der Waals surface area contributed by atoms with Crippen LogP contribution >= 0.6 is 0 Å². The predicted octanol–water partition coefficient (Wildman–Crippen LogP) is 3.11. The van der Waals surface area contributed by atoms with Gasteiger partial charge < -0.3 is 14.6 Å². The van der Waals surface area contributed by atoms with Crippen LogP contribution in [0.2, 0.25) is 0 Å². The minimum Gasteiger partial charge on any atom is -0.393 e. The van der Waals surface area contributed by atoms with Gasteiger partial charge in [-0.25, -0.2) is 0 Å². The highest BCUT2D eigenvalue weighted by Crippen LogP contribution is 2.40. The third-order valence-electron chi connectivity index (χ3n) is 5.11. The van der Waals surface area contributed by atoms with E-state index in [4.69, 9.17) is 9.47 Å². The van der Waals surface area contributed by atoms with E-state index >= 15 is 0 Å². The fourth-order valence-electron chi connectivity index (χ4n) is 3.62. The van der Waals surface area contributed by atoms with Crippen molar-refractivity contribution in [1.29, 1.82) is 0 Å². The summed E-state index contributed by atoms with van der Waals surface area (Å²) in [5.74, 6) is 0.00213. The number of methoxy groups -OCH3 is 1. The van der Waals surface area contributed by atoms with Crippen molar-refractivity contribution < 1.29 is 14.6 Å². The van der Waals surface area contributed by atoms with Gasteiger partial charge in [-0.05, 0) is 38.5 Å². The third kappa shape index (κ3) is 2.89. The summed E-state index contributed by atoms with van der Waals surface area (Å²) in [7, 11) is 1.73. The van der Waals surface area contributed by atoms with E-state index in [0.717, 1.165) is 32.1 Å². The Bertz CT molecular complexity index is 262. The first-order chi connectivity index (χ1) is 8.57. The maximum atomic E-state index is 10.1. The molecule has 0 saturated heterocycles. The lowest BCUT2D eigenvalue weighted by Crippen LogP contribution is -2.45. The van der Waals surface area contributed by atoms with Crippen molar-refractivity contribution in [2.45, 2.75) is 76.8 Å². The number of hydrogen-bond donors (Lipinski definition) is 1. The zero-order valence-corrected chi connectivity index (χ0v) is 12.0. The van der Waals surface area contributed by atoms with Crippen LogP contribution in [-0.2, 0) is 9.47 Å². The summed E-state index contributed by atoms with van der Waals surface area (Å²) < 4.78 is 11.9. The third-order valence-corrected chi connectivity index (χ3v) is 5.11. The van der Waals surface area contributed by atoms with Crippen molar-refractivity contribution in [1.82, 2.24) is 0 Å². The Morgan fingerprint density at radius 3 is 2.28 bits per heavy atom. The average Bonchev–Trinajstić information content (AvgIpc) is 2.99. The molecule has 3 heteroatoms. The molecule has 0 bridgehead atoms. The van der Waals surface area contributed by atoms with E-state index in [9.17, 15) is 5.11 Å². The fourth-order valence-corrected chi connectivity index (χ4v) is 3.62. The maximum Gasteiger partial charge on any atom is 0.168 e. The van der Waals surface area contributed by atoms with Crippen LogP contribution in [-0.4, -0.2) is 30.2 Å². The van der Waals surface area contributed by atoms with Crippen molar-refractivity contribution in [3.63, 3.8) is 0 Å². The van der Waals surface area contributed by atoms with E-state index in [1.165, 1.54) is 12.8 Å². The van der Waals surface area contributed by atoms with Gasteiger partial charge in [-0.15, -0.1) is 0 Å². The van der Waals surface area contributed by atoms with Crippen LogP contribution in [0.4, 0.5) is 0 Å². The number of aliphatic hydroxyl groups is 1. The first-order valence-electron chi connectivity index (χ1n) is 7.48. The van der Waals surface area contributed by atoms with Crippen molar-refractivity contribution in [3.8, 4) is 0 Å². The fraction of sp³-hybridized carbons (Fsp3) is 1.00. The molecule has 2 aliphatic rings. The lowest BCUT2D eigenvalue weighted by molar-refractivity contribution is -0.271. The second-order valence-corrected chi connectivity index (χ2v) is 6.20. The first-order valence-corrected chi connectivity index (χ1v) is 7.48. The van der Waals surface area contributed by atoms with Gasteiger partial charge >= 0.3 is 0 Å². The molecule has 2 fully saturated rings. The lowest BCUT2D eigenvalue weighted by atomic mass is 9.84. The molecule has 0 heterocycles. The Morgan fingerprint density at radius 1 is 1.11 bits per heavy atom. The second kappa shape index (κ2) is 5.89. The van der Waals surface area contributed by atoms with Gasteiger partial charge in [-0.1, -0.05) is 26.2 Å². The molecule has 0 aromatic heterocycles. The highest BCUT2D eigenvalue weighted by molar-refractivity contribution is 4.87. The Labute approximate surface area is 111 Å². The first kappa shape index (κ1) is 14.3. The smallest absolute Gasteiger partial charge is 0.168 e. The van der Waals surface area contributed by atoms with Gasteiger partial charge in [0.1, 0.15) is 0 Å². The number of ether oxygens (including phenoxy) is 2. The summed E-state index contributed by atoms with van der Waals surface area (Å²) in [6.45, 7) is 4.21. The average molecular weight is 256 g/mol. The van der Waals surface area contributed by atoms with Crippen molar-refractivity contribution in [2.75, 3.05) is 7.11 Å². The van der Waals surface area contributed by atoms with Crippen molar-refractivity contribution >= 4 is 0 Å². The Morgan fingerprint density at radius 2 is 1.78 bits per heavy atom. The van der Waals surface area contributed by atoms with Crippen LogP contribution in [0.15, 0.2) is 0 Å². The molecule has 106 valence electrons. The van der Waals surface area contributed by atoms with Gasteiger partial charge in [-0.3, -0.25) is 0 Å². The van der Waals surface area contributed by atoms with E-state index < -0.39 is 5.79 Å². The summed E-state index contributed by atoms with van der Waals surface area (Å²) in [6.07, 6.45) is 8.15. The van der Waals surface area contributed by atoms with E-state index in [2.05, 4.69) is 6.92 Å². The van der Waals surface area contributed by atoms with Gasteiger partial charge in [0.25, 0.3) is 0 Å². The highest BCUT2D eigenvalue weighted by Gasteiger charge is 2.43. The van der Waals surface area contributed by atoms with Crippen molar-refractivity contribution in [3.05, 3.63) is 0 Å². The molecule has 4 unspecified atom stereocenters. The Balaban J connectivity index is 2.00. The Kier molecular flexibility index (Phi) is 4.68. The van der Waals surface area contributed by atoms with Crippen LogP contribution < -0.4 is 0 Å². The molecule has 3 nitrogen and oxygen atoms in total. The molecule has 2 aliphatic carbocycles. The quantitative estimate of drug-likeness (QED) is 0.768. The maximum absolute atomic E-state index is 10.1. The van der Waals surface area contributed by atoms with E-state index in [-0.39, 0.29) is 12.0 Å². The molecule has 1 N–H and O–H groups in total. The van der Waals surface area contributed by atoms with Crippen LogP contribution in [0.5, 0.6) is 0 Å². The predicted molar refractivity (Wildman–Crippen MR) is 71.3 cm³/mol. The molecule has 0 amide bonds. The van der Waals surface area contributed by atoms with Gasteiger partial charge in [0.2, 0.25) is 0 Å². The standard InChI is InChI=1S/C15H28O3/c1-11(13-9-6-10-14(13)16)15(2,17-3)18-12-7-4-5-8-12/h11-14,16H,4-10H2,1-3H3. The van der Waals surface area contributed by atoms with Crippen LogP contribution in [0, 0.1) is 11.8 Å². The zero-order valence-electron chi connectivity index (χ0n) is 12.0. The summed E-state index contributed by atoms with van der Waals surface area (Å²) >= 11 is 0. The molecule has 0 radical (unpaired) electrons. The van der Waals surface area contributed by atoms with Gasteiger partial charge in [0, 0.05) is 13.0 Å². The summed E-state index contributed by atoms with van der Waals surface area (Å²) in [4.78, 5) is 0. The van der Waals surface area contributed by atoms with Gasteiger partial charge in [0.05, 0.1) is 12.2 Å². The second-order valence-electron chi connectivity index (χ2n) is 6.20. The number of aliphatic hydroxyl groups excluding tert-OH is 1. The van der Waals surface area contributed by atoms with Crippen molar-refractivity contribution in [2.24, 2.45) is 11.8 Å². The Hall–Kier alpha value is -0.120. The molecule has 18 heavy (non-hydrogen) atoms. The zero-order chi connectivity index (χ0) is 13.2. The van der Waals surface area contributed by atoms with Crippen LogP contribution in [0.3, 0.4) is 0 Å². The SMILES string of the molecule is COC(C)(OC1CCCC1)C(C)C1CCCC1O. The molecule has 0 aromatic carbocycles. The number of hydrogen-bond acceptors (Lipinski definition) is 3. The van der Waals surface area contributed by atoms with Crippen LogP contribution in [0.1, 0.15) is 58.8 Å². The topological polar surface area (TPSA) is 38.7 Å². The summed E-state index contributed by atoms with van der Waals surface area (Å²) in [5, 5.41) is 10.1. The largest absolute Gasteiger partial charge is 0.393 e. The highest BCUT2D eigenvalue weighted by atomic mass is 16.7. The normalized spacial score (nSPS) is 34.7. The minimum atomic E-state index is -0.551. The molecule has 0 spiro atoms. The van der Waals surface area contributed by atoms with Gasteiger partial charge in [0.15, 0.2) is 5.79 Å². The van der Waals surface area contributed by atoms with Crippen LogP contribution in [0.25, 0.3) is 0 Å². The molecule has 2 saturated carbocycles. The minimum absolute atomic E-state index is 0.179. The molecule has 4 atom stereocenters. The van der Waals surface area contributed by atoms with E-state index in [1.807, 2.05) is 6.92 Å². The van der Waals surface area contributed by atoms with Gasteiger partial charge in [-0.2, -0.15) is 0 Å². The summed E-state index contributed by atoms with van der Waals surface area (Å²) in [6, 6.07) is 0. The molecule has 2 rings (SSSR count). The van der Waals surface area contributed by atoms with E-state index in [1.54, 1.807) is 7.11 Å². The monoisotopic (exact) mass is 256 g/mol. The molecular weight excluding hydrogens is 228 g/mol. The molecular formula is C15H28O3. The number of rotatable bonds is 5. The van der Waals surface area contributed by atoms with E-state index in [0.29, 0.717) is 12.0 Å².